The molecular weight excluding hydrogens is 232 g/mol. The van der Waals surface area contributed by atoms with Gasteiger partial charge in [0.15, 0.2) is 5.17 Å². The quantitative estimate of drug-likeness (QED) is 0.398. The fourth-order valence-corrected chi connectivity index (χ4v) is 2.31. The first kappa shape index (κ1) is 16.3. The lowest BCUT2D eigenvalue weighted by atomic mass is 10.3. The average molecular weight is 256 g/mol. The molecule has 0 aliphatic heterocycles. The van der Waals surface area contributed by atoms with Crippen molar-refractivity contribution in [3.8, 4) is 6.19 Å². The van der Waals surface area contributed by atoms with Crippen LogP contribution < -0.4 is 0 Å². The van der Waals surface area contributed by atoms with E-state index >= 15 is 0 Å². The number of rotatable bonds is 7. The van der Waals surface area contributed by atoms with E-state index in [9.17, 15) is 0 Å². The minimum absolute atomic E-state index is 0.828. The lowest BCUT2D eigenvalue weighted by molar-refractivity contribution is 0.284. The zero-order valence-corrected chi connectivity index (χ0v) is 12.3. The van der Waals surface area contributed by atoms with Gasteiger partial charge in [-0.05, 0) is 39.2 Å². The summed E-state index contributed by atoms with van der Waals surface area (Å²) in [6.07, 6.45) is 4.94. The molecule has 0 unspecified atom stereocenters. The predicted octanol–water partition coefficient (Wildman–Crippen LogP) is 2.24. The fourth-order valence-electron chi connectivity index (χ4n) is 1.70. The number of aliphatic imine (C=N–C) groups is 1. The van der Waals surface area contributed by atoms with Gasteiger partial charge in [-0.2, -0.15) is 5.26 Å². The van der Waals surface area contributed by atoms with E-state index in [4.69, 9.17) is 5.26 Å². The smallest absolute Gasteiger partial charge is 0.208 e. The minimum Gasteiger partial charge on any atom is -0.351 e. The highest BCUT2D eigenvalue weighted by Gasteiger charge is 2.08. The Balaban J connectivity index is 4.14. The van der Waals surface area contributed by atoms with Crippen molar-refractivity contribution in [1.29, 1.82) is 5.26 Å². The number of amidine groups is 1. The predicted molar refractivity (Wildman–Crippen MR) is 76.2 cm³/mol. The molecule has 4 nitrogen and oxygen atoms in total. The lowest BCUT2D eigenvalue weighted by Gasteiger charge is -2.24. The Hall–Kier alpha value is -0.730. The molecule has 0 aromatic rings. The second-order valence-corrected chi connectivity index (χ2v) is 4.43. The molecule has 0 atom stereocenters. The summed E-state index contributed by atoms with van der Waals surface area (Å²) in [5.74, 6) is 0. The van der Waals surface area contributed by atoms with Gasteiger partial charge in [-0.1, -0.05) is 25.6 Å². The number of hydrogen-bond donors (Lipinski definition) is 0. The van der Waals surface area contributed by atoms with Crippen LogP contribution in [0.1, 0.15) is 27.2 Å². The molecule has 0 radical (unpaired) electrons. The van der Waals surface area contributed by atoms with Gasteiger partial charge in [-0.3, -0.25) is 0 Å². The topological polar surface area (TPSA) is 42.6 Å². The summed E-state index contributed by atoms with van der Waals surface area (Å²) in [5.41, 5.74) is 0. The molecule has 98 valence electrons. The van der Waals surface area contributed by atoms with E-state index in [1.807, 2.05) is 12.4 Å². The highest BCUT2D eigenvalue weighted by atomic mass is 32.2. The van der Waals surface area contributed by atoms with E-state index < -0.39 is 0 Å². The van der Waals surface area contributed by atoms with Gasteiger partial charge in [0.05, 0.1) is 0 Å². The number of nitriles is 1. The van der Waals surface area contributed by atoms with E-state index in [1.54, 1.807) is 0 Å². The van der Waals surface area contributed by atoms with Gasteiger partial charge < -0.3 is 9.80 Å². The number of thioether (sulfide) groups is 1. The molecule has 0 amide bonds. The Kier molecular flexibility index (Phi) is 9.98. The maximum absolute atomic E-state index is 8.62. The van der Waals surface area contributed by atoms with Gasteiger partial charge in [0, 0.05) is 13.1 Å². The van der Waals surface area contributed by atoms with Crippen LogP contribution in [0.5, 0.6) is 0 Å². The molecule has 0 aliphatic rings. The van der Waals surface area contributed by atoms with Crippen molar-refractivity contribution in [3.63, 3.8) is 0 Å². The Labute approximate surface area is 110 Å². The second kappa shape index (κ2) is 10.4. The molecular formula is C12H24N4S. The molecule has 5 heteroatoms. The van der Waals surface area contributed by atoms with Crippen molar-refractivity contribution in [2.24, 2.45) is 4.99 Å². The van der Waals surface area contributed by atoms with Crippen molar-refractivity contribution in [2.45, 2.75) is 27.2 Å². The van der Waals surface area contributed by atoms with Crippen molar-refractivity contribution >= 4 is 16.9 Å². The maximum Gasteiger partial charge on any atom is 0.208 e. The largest absolute Gasteiger partial charge is 0.351 e. The van der Waals surface area contributed by atoms with Crippen molar-refractivity contribution in [1.82, 2.24) is 9.80 Å². The summed E-state index contributed by atoms with van der Waals surface area (Å²) in [6.45, 7) is 11.7. The van der Waals surface area contributed by atoms with E-state index in [-0.39, 0.29) is 0 Å². The minimum atomic E-state index is 0.828. The Morgan fingerprint density at radius 2 is 1.82 bits per heavy atom. The molecule has 0 bridgehead atoms. The third-order valence-corrected chi connectivity index (χ3v) is 3.49. The van der Waals surface area contributed by atoms with Gasteiger partial charge >= 0.3 is 0 Å². The van der Waals surface area contributed by atoms with Crippen LogP contribution in [0.25, 0.3) is 0 Å². The van der Waals surface area contributed by atoms with Gasteiger partial charge in [0.1, 0.15) is 0 Å². The first-order valence-electron chi connectivity index (χ1n) is 6.21. The van der Waals surface area contributed by atoms with Crippen LogP contribution in [-0.2, 0) is 0 Å². The van der Waals surface area contributed by atoms with Crippen LogP contribution in [0.4, 0.5) is 0 Å². The zero-order valence-electron chi connectivity index (χ0n) is 11.4. The molecule has 0 saturated heterocycles. The van der Waals surface area contributed by atoms with E-state index in [1.165, 1.54) is 11.8 Å². The monoisotopic (exact) mass is 256 g/mol. The maximum atomic E-state index is 8.62. The standard InChI is InChI=1S/C12H24N4S/c1-5-15(6-2)9-8-10-16(7-3)12(17-4)14-11-13/h5-10H2,1-4H3. The molecule has 0 fully saturated rings. The molecule has 0 N–H and O–H groups in total. The number of hydrogen-bond acceptors (Lipinski definition) is 4. The van der Waals surface area contributed by atoms with Crippen molar-refractivity contribution in [2.75, 3.05) is 39.0 Å². The van der Waals surface area contributed by atoms with Crippen LogP contribution >= 0.6 is 11.8 Å². The Morgan fingerprint density at radius 3 is 2.24 bits per heavy atom. The van der Waals surface area contributed by atoms with Crippen LogP contribution in [0.3, 0.4) is 0 Å². The summed E-state index contributed by atoms with van der Waals surface area (Å²) >= 11 is 1.54. The first-order valence-corrected chi connectivity index (χ1v) is 7.43. The molecule has 0 saturated carbocycles. The molecule has 0 spiro atoms. The van der Waals surface area contributed by atoms with E-state index in [0.29, 0.717) is 0 Å². The average Bonchev–Trinajstić information content (AvgIpc) is 2.37. The lowest BCUT2D eigenvalue weighted by Crippen LogP contribution is -2.32. The summed E-state index contributed by atoms with van der Waals surface area (Å²) in [6, 6.07) is 0. The van der Waals surface area contributed by atoms with Gasteiger partial charge in [0.25, 0.3) is 0 Å². The molecule has 0 heterocycles. The zero-order chi connectivity index (χ0) is 13.1. The van der Waals surface area contributed by atoms with Crippen LogP contribution in [0.15, 0.2) is 4.99 Å². The third kappa shape index (κ3) is 6.54. The summed E-state index contributed by atoms with van der Waals surface area (Å²) in [4.78, 5) is 8.42. The Bertz CT molecular complexity index is 256. The van der Waals surface area contributed by atoms with Gasteiger partial charge in [-0.15, -0.1) is 4.99 Å². The molecule has 0 aromatic carbocycles. The van der Waals surface area contributed by atoms with E-state index in [2.05, 4.69) is 35.6 Å². The Morgan fingerprint density at radius 1 is 1.18 bits per heavy atom. The molecule has 0 aromatic heterocycles. The highest BCUT2D eigenvalue weighted by Crippen LogP contribution is 2.06. The van der Waals surface area contributed by atoms with Crippen molar-refractivity contribution < 1.29 is 0 Å². The number of nitrogens with zero attached hydrogens (tertiary/aromatic N) is 4. The van der Waals surface area contributed by atoms with Crippen LogP contribution in [0, 0.1) is 11.5 Å². The summed E-state index contributed by atoms with van der Waals surface area (Å²) in [5, 5.41) is 9.44. The van der Waals surface area contributed by atoms with Crippen molar-refractivity contribution in [3.05, 3.63) is 0 Å². The van der Waals surface area contributed by atoms with E-state index in [0.717, 1.165) is 44.3 Å². The fraction of sp³-hybridized carbons (Fsp3) is 0.833. The van der Waals surface area contributed by atoms with Crippen LogP contribution in [0.2, 0.25) is 0 Å². The molecule has 17 heavy (non-hydrogen) atoms. The molecule has 0 aliphatic carbocycles. The highest BCUT2D eigenvalue weighted by molar-refractivity contribution is 8.13. The summed E-state index contributed by atoms with van der Waals surface area (Å²) in [7, 11) is 0. The SMILES string of the molecule is CCN(CC)CCCN(CC)C(=NC#N)SC. The third-order valence-electron chi connectivity index (χ3n) is 2.78. The molecule has 0 rings (SSSR count). The van der Waals surface area contributed by atoms with Crippen LogP contribution in [-0.4, -0.2) is 53.9 Å². The summed E-state index contributed by atoms with van der Waals surface area (Å²) < 4.78 is 0. The van der Waals surface area contributed by atoms with Gasteiger partial charge in [-0.25, -0.2) is 0 Å². The first-order chi connectivity index (χ1) is 8.23. The van der Waals surface area contributed by atoms with Gasteiger partial charge in [0.2, 0.25) is 6.19 Å². The second-order valence-electron chi connectivity index (χ2n) is 3.66. The normalized spacial score (nSPS) is 11.6.